The highest BCUT2D eigenvalue weighted by Gasteiger charge is 2.31. The van der Waals surface area contributed by atoms with E-state index in [1.807, 2.05) is 25.1 Å². The first-order chi connectivity index (χ1) is 20.8. The Labute approximate surface area is 250 Å². The van der Waals surface area contributed by atoms with Gasteiger partial charge in [-0.1, -0.05) is 13.0 Å². The van der Waals surface area contributed by atoms with Crippen LogP contribution in [0.3, 0.4) is 0 Å². The molecular weight excluding hydrogens is 578 g/mol. The van der Waals surface area contributed by atoms with Gasteiger partial charge in [0, 0.05) is 29.8 Å². The van der Waals surface area contributed by atoms with Gasteiger partial charge in [-0.3, -0.25) is 0 Å². The zero-order chi connectivity index (χ0) is 30.7. The van der Waals surface area contributed by atoms with Crippen molar-refractivity contribution in [1.29, 1.82) is 0 Å². The van der Waals surface area contributed by atoms with Gasteiger partial charge in [-0.05, 0) is 36.2 Å². The number of benzene rings is 3. The third kappa shape index (κ3) is 5.58. The lowest BCUT2D eigenvalue weighted by atomic mass is 9.99. The average Bonchev–Trinajstić information content (AvgIpc) is 3.60. The molecule has 2 N–H and O–H groups in total. The van der Waals surface area contributed by atoms with Crippen molar-refractivity contribution >= 4 is 45.6 Å². The summed E-state index contributed by atoms with van der Waals surface area (Å²) in [6.07, 6.45) is 0.707. The standard InChI is InChI=1S/C30H29N3O9S/c1-5-10-41-28-23(39-3)13-21-26(29(28)40-4)25(18-8-7-17(38-2)12-22(18)42-15-24(34)35)27(30(36)37)33(21)14-16-6-9-19-20(11-16)32-43-31-19/h6-9,11-13H,5,10,14-15H2,1-4H3,(H,34,35)(H,36,37). The summed E-state index contributed by atoms with van der Waals surface area (Å²) in [5.74, 6) is -0.970. The van der Waals surface area contributed by atoms with Crippen molar-refractivity contribution in [3.05, 3.63) is 53.7 Å². The van der Waals surface area contributed by atoms with Crippen LogP contribution < -0.4 is 23.7 Å². The van der Waals surface area contributed by atoms with Crippen molar-refractivity contribution in [2.24, 2.45) is 0 Å². The molecule has 224 valence electrons. The van der Waals surface area contributed by atoms with Crippen LogP contribution >= 0.6 is 11.7 Å². The molecule has 0 aliphatic heterocycles. The van der Waals surface area contributed by atoms with Crippen LogP contribution in [0.2, 0.25) is 0 Å². The van der Waals surface area contributed by atoms with Crippen molar-refractivity contribution in [1.82, 2.24) is 13.3 Å². The molecule has 13 heteroatoms. The fourth-order valence-corrected chi connectivity index (χ4v) is 5.49. The molecular formula is C30H29N3O9S. The molecule has 0 spiro atoms. The largest absolute Gasteiger partial charge is 0.497 e. The van der Waals surface area contributed by atoms with Gasteiger partial charge in [0.25, 0.3) is 0 Å². The zero-order valence-corrected chi connectivity index (χ0v) is 24.7. The quantitative estimate of drug-likeness (QED) is 0.178. The van der Waals surface area contributed by atoms with E-state index in [1.165, 1.54) is 27.4 Å². The fourth-order valence-electron chi connectivity index (χ4n) is 4.97. The molecule has 0 saturated carbocycles. The van der Waals surface area contributed by atoms with Crippen molar-refractivity contribution < 1.29 is 43.5 Å². The summed E-state index contributed by atoms with van der Waals surface area (Å²) in [7, 11) is 4.43. The number of aromatic carboxylic acids is 1. The second-order valence-electron chi connectivity index (χ2n) is 9.43. The maximum Gasteiger partial charge on any atom is 0.353 e. The number of aromatic nitrogens is 3. The van der Waals surface area contributed by atoms with E-state index in [9.17, 15) is 19.8 Å². The van der Waals surface area contributed by atoms with Gasteiger partial charge in [0.2, 0.25) is 5.75 Å². The first-order valence-electron chi connectivity index (χ1n) is 13.2. The first kappa shape index (κ1) is 29.5. The maximum atomic E-state index is 13.2. The number of carbonyl (C=O) groups is 2. The number of hydrogen-bond donors (Lipinski definition) is 2. The van der Waals surface area contributed by atoms with Crippen LogP contribution in [0.4, 0.5) is 0 Å². The minimum absolute atomic E-state index is 0.0789. The minimum Gasteiger partial charge on any atom is -0.497 e. The van der Waals surface area contributed by atoms with Gasteiger partial charge in [0.1, 0.15) is 28.2 Å². The molecule has 0 atom stereocenters. The summed E-state index contributed by atoms with van der Waals surface area (Å²) in [5.41, 5.74) is 3.21. The van der Waals surface area contributed by atoms with Crippen LogP contribution in [0, 0.1) is 0 Å². The normalized spacial score (nSPS) is 11.1. The maximum absolute atomic E-state index is 13.2. The molecule has 2 aromatic heterocycles. The molecule has 0 saturated heterocycles. The summed E-state index contributed by atoms with van der Waals surface area (Å²) in [6.45, 7) is 1.81. The second-order valence-corrected chi connectivity index (χ2v) is 9.96. The van der Waals surface area contributed by atoms with Crippen molar-refractivity contribution in [2.75, 3.05) is 34.5 Å². The van der Waals surface area contributed by atoms with E-state index in [2.05, 4.69) is 8.75 Å². The molecule has 5 rings (SSSR count). The van der Waals surface area contributed by atoms with Gasteiger partial charge in [0.05, 0.1) is 50.6 Å². The smallest absolute Gasteiger partial charge is 0.353 e. The lowest BCUT2D eigenvalue weighted by molar-refractivity contribution is -0.139. The molecule has 0 unspecified atom stereocenters. The highest BCUT2D eigenvalue weighted by molar-refractivity contribution is 7.00. The number of carboxylic acid groups (broad SMARTS) is 2. The topological polar surface area (TPSA) is 151 Å². The van der Waals surface area contributed by atoms with Gasteiger partial charge in [-0.25, -0.2) is 9.59 Å². The molecule has 0 bridgehead atoms. The van der Waals surface area contributed by atoms with E-state index in [-0.39, 0.29) is 29.3 Å². The number of aliphatic carboxylic acids is 1. The van der Waals surface area contributed by atoms with E-state index in [4.69, 9.17) is 23.7 Å². The number of nitrogens with zero attached hydrogens (tertiary/aromatic N) is 3. The fraction of sp³-hybridized carbons (Fsp3) is 0.267. The number of hydrogen-bond acceptors (Lipinski definition) is 10. The Kier molecular flexibility index (Phi) is 8.53. The average molecular weight is 608 g/mol. The molecule has 0 aliphatic carbocycles. The van der Waals surface area contributed by atoms with Crippen molar-refractivity contribution in [2.45, 2.75) is 19.9 Å². The monoisotopic (exact) mass is 607 g/mol. The van der Waals surface area contributed by atoms with Gasteiger partial charge in [-0.15, -0.1) is 0 Å². The number of ether oxygens (including phenoxy) is 5. The molecule has 0 radical (unpaired) electrons. The van der Waals surface area contributed by atoms with Crippen LogP contribution in [0.5, 0.6) is 28.7 Å². The van der Waals surface area contributed by atoms with E-state index >= 15 is 0 Å². The molecule has 12 nitrogen and oxygen atoms in total. The van der Waals surface area contributed by atoms with Gasteiger partial charge < -0.3 is 38.5 Å². The first-order valence-corrected chi connectivity index (χ1v) is 14.0. The Morgan fingerprint density at radius 3 is 2.35 bits per heavy atom. The lowest BCUT2D eigenvalue weighted by Gasteiger charge is -2.17. The van der Waals surface area contributed by atoms with Crippen LogP contribution in [-0.4, -0.2) is 70.0 Å². The van der Waals surface area contributed by atoms with Crippen LogP contribution in [0.25, 0.3) is 33.1 Å². The predicted molar refractivity (Wildman–Crippen MR) is 159 cm³/mol. The van der Waals surface area contributed by atoms with Crippen LogP contribution in [0.15, 0.2) is 42.5 Å². The van der Waals surface area contributed by atoms with Crippen LogP contribution in [0.1, 0.15) is 29.4 Å². The lowest BCUT2D eigenvalue weighted by Crippen LogP contribution is -2.12. The highest BCUT2D eigenvalue weighted by Crippen LogP contribution is 2.51. The predicted octanol–water partition coefficient (Wildman–Crippen LogP) is 5.34. The summed E-state index contributed by atoms with van der Waals surface area (Å²) in [5, 5.41) is 20.5. The molecule has 0 fully saturated rings. The summed E-state index contributed by atoms with van der Waals surface area (Å²) in [4.78, 5) is 24.6. The summed E-state index contributed by atoms with van der Waals surface area (Å²) < 4.78 is 38.9. The van der Waals surface area contributed by atoms with E-state index < -0.39 is 18.5 Å². The Hall–Kier alpha value is -5.04. The van der Waals surface area contributed by atoms with Crippen molar-refractivity contribution in [3.8, 4) is 39.9 Å². The number of carboxylic acids is 2. The summed E-state index contributed by atoms with van der Waals surface area (Å²) in [6, 6.07) is 12.1. The van der Waals surface area contributed by atoms with Gasteiger partial charge in [-0.2, -0.15) is 8.75 Å². The van der Waals surface area contributed by atoms with E-state index in [0.29, 0.717) is 52.3 Å². The highest BCUT2D eigenvalue weighted by atomic mass is 32.1. The molecule has 5 aromatic rings. The third-order valence-electron chi connectivity index (χ3n) is 6.77. The zero-order valence-electron chi connectivity index (χ0n) is 23.9. The second kappa shape index (κ2) is 12.4. The Balaban J connectivity index is 1.88. The molecule has 43 heavy (non-hydrogen) atoms. The van der Waals surface area contributed by atoms with E-state index in [1.54, 1.807) is 22.8 Å². The van der Waals surface area contributed by atoms with Gasteiger partial charge in [0.15, 0.2) is 18.1 Å². The Bertz CT molecular complexity index is 1830. The Morgan fingerprint density at radius 1 is 0.884 bits per heavy atom. The number of rotatable bonds is 13. The molecule has 2 heterocycles. The van der Waals surface area contributed by atoms with Crippen molar-refractivity contribution in [3.63, 3.8) is 0 Å². The van der Waals surface area contributed by atoms with E-state index in [0.717, 1.165) is 22.8 Å². The SMILES string of the molecule is CCCOc1c(OC)cc2c(c1OC)c(-c1ccc(OC)cc1OCC(=O)O)c(C(=O)O)n2Cc1ccc2nsnc2c1. The molecule has 0 aliphatic rings. The minimum atomic E-state index is -1.22. The van der Waals surface area contributed by atoms with Gasteiger partial charge >= 0.3 is 11.9 Å². The Morgan fingerprint density at radius 2 is 1.67 bits per heavy atom. The third-order valence-corrected chi connectivity index (χ3v) is 7.33. The summed E-state index contributed by atoms with van der Waals surface area (Å²) >= 11 is 1.10. The molecule has 3 aromatic carbocycles. The number of fused-ring (bicyclic) bond motifs is 2. The number of methoxy groups -OCH3 is 3. The van der Waals surface area contributed by atoms with Crippen LogP contribution in [-0.2, 0) is 11.3 Å². The molecule has 0 amide bonds.